The Balaban J connectivity index is 1.28. The van der Waals surface area contributed by atoms with E-state index in [9.17, 15) is 19.2 Å². The maximum absolute atomic E-state index is 13.4. The normalized spacial score (nSPS) is 21.0. The fraction of sp³-hybridized carbons (Fsp3) is 0.429. The number of fused-ring (bicyclic) bond motifs is 3. The smallest absolute Gasteiger partial charge is 0.257 e. The second-order valence-electron chi connectivity index (χ2n) is 10.1. The third kappa shape index (κ3) is 4.04. The van der Waals surface area contributed by atoms with E-state index < -0.39 is 5.66 Å². The van der Waals surface area contributed by atoms with E-state index in [1.54, 1.807) is 28.0 Å². The van der Waals surface area contributed by atoms with E-state index in [-0.39, 0.29) is 30.0 Å². The van der Waals surface area contributed by atoms with Crippen LogP contribution in [0.15, 0.2) is 42.5 Å². The second kappa shape index (κ2) is 9.41. The first-order chi connectivity index (χ1) is 17.3. The standard InChI is InChI=1S/C28H32N4O4/c1-19-9-7-11-21(26(35)30-16-5-6-17-30)25(19)29-23(33)13-8-18-31-27(36)20-10-3-4-12-22(20)32-24(34)14-15-28(31,32)2/h3-4,7,9-12H,5-6,8,13-18H2,1-2H3,(H,29,33). The highest BCUT2D eigenvalue weighted by molar-refractivity contribution is 6.10. The molecule has 36 heavy (non-hydrogen) atoms. The molecule has 3 heterocycles. The Bertz CT molecular complexity index is 1240. The summed E-state index contributed by atoms with van der Waals surface area (Å²) < 4.78 is 0. The van der Waals surface area contributed by atoms with Crippen molar-refractivity contribution in [3.63, 3.8) is 0 Å². The van der Waals surface area contributed by atoms with E-state index in [0.29, 0.717) is 48.3 Å². The summed E-state index contributed by atoms with van der Waals surface area (Å²) in [6, 6.07) is 12.7. The van der Waals surface area contributed by atoms with Gasteiger partial charge in [-0.3, -0.25) is 24.1 Å². The highest BCUT2D eigenvalue weighted by atomic mass is 16.2. The van der Waals surface area contributed by atoms with Gasteiger partial charge >= 0.3 is 0 Å². The molecule has 2 saturated heterocycles. The molecule has 0 bridgehead atoms. The molecule has 5 rings (SSSR count). The van der Waals surface area contributed by atoms with Crippen LogP contribution in [-0.2, 0) is 9.59 Å². The number of nitrogens with one attached hydrogen (secondary N) is 1. The first-order valence-corrected chi connectivity index (χ1v) is 12.7. The molecule has 0 radical (unpaired) electrons. The summed E-state index contributed by atoms with van der Waals surface area (Å²) in [6.45, 7) is 5.65. The summed E-state index contributed by atoms with van der Waals surface area (Å²) in [5, 5.41) is 2.96. The summed E-state index contributed by atoms with van der Waals surface area (Å²) in [4.78, 5) is 57.4. The van der Waals surface area contributed by atoms with Gasteiger partial charge in [0.1, 0.15) is 5.66 Å². The molecule has 3 aliphatic rings. The lowest BCUT2D eigenvalue weighted by Crippen LogP contribution is -2.62. The average Bonchev–Trinajstić information content (AvgIpc) is 3.51. The Morgan fingerprint density at radius 1 is 1.03 bits per heavy atom. The highest BCUT2D eigenvalue weighted by Crippen LogP contribution is 2.44. The number of hydrogen-bond donors (Lipinski definition) is 1. The highest BCUT2D eigenvalue weighted by Gasteiger charge is 2.52. The van der Waals surface area contributed by atoms with Gasteiger partial charge in [0.15, 0.2) is 0 Å². The zero-order valence-electron chi connectivity index (χ0n) is 20.9. The molecular weight excluding hydrogens is 456 g/mol. The van der Waals surface area contributed by atoms with Crippen molar-refractivity contribution in [3.8, 4) is 0 Å². The average molecular weight is 489 g/mol. The number of nitrogens with zero attached hydrogens (tertiary/aromatic N) is 3. The molecule has 2 aromatic rings. The Labute approximate surface area is 211 Å². The van der Waals surface area contributed by atoms with Crippen molar-refractivity contribution in [1.82, 2.24) is 9.80 Å². The Hall–Kier alpha value is -3.68. The number of carbonyl (C=O) groups excluding carboxylic acids is 4. The third-order valence-corrected chi connectivity index (χ3v) is 7.69. The second-order valence-corrected chi connectivity index (χ2v) is 10.1. The van der Waals surface area contributed by atoms with E-state index >= 15 is 0 Å². The van der Waals surface area contributed by atoms with Crippen LogP contribution in [0.25, 0.3) is 0 Å². The molecule has 188 valence electrons. The number of para-hydroxylation sites is 2. The summed E-state index contributed by atoms with van der Waals surface area (Å²) in [6.07, 6.45) is 3.58. The van der Waals surface area contributed by atoms with Gasteiger partial charge in [-0.2, -0.15) is 0 Å². The number of amides is 4. The van der Waals surface area contributed by atoms with Crippen LogP contribution >= 0.6 is 0 Å². The van der Waals surface area contributed by atoms with Gasteiger partial charge in [-0.15, -0.1) is 0 Å². The lowest BCUT2D eigenvalue weighted by Gasteiger charge is -2.48. The fourth-order valence-corrected chi connectivity index (χ4v) is 5.74. The van der Waals surface area contributed by atoms with Crippen molar-refractivity contribution in [3.05, 3.63) is 59.2 Å². The SMILES string of the molecule is Cc1cccc(C(=O)N2CCCC2)c1NC(=O)CCCN1C(=O)c2ccccc2N2C(=O)CCC12C. The van der Waals surface area contributed by atoms with E-state index in [4.69, 9.17) is 0 Å². The van der Waals surface area contributed by atoms with Crippen LogP contribution in [0, 0.1) is 6.92 Å². The van der Waals surface area contributed by atoms with Crippen molar-refractivity contribution in [1.29, 1.82) is 0 Å². The van der Waals surface area contributed by atoms with E-state index in [0.717, 1.165) is 31.5 Å². The monoisotopic (exact) mass is 488 g/mol. The Kier molecular flexibility index (Phi) is 6.28. The van der Waals surface area contributed by atoms with Gasteiger partial charge in [-0.1, -0.05) is 24.3 Å². The number of aryl methyl sites for hydroxylation is 1. The van der Waals surface area contributed by atoms with Gasteiger partial charge in [-0.25, -0.2) is 0 Å². The summed E-state index contributed by atoms with van der Waals surface area (Å²) in [7, 11) is 0. The van der Waals surface area contributed by atoms with Gasteiger partial charge in [0.25, 0.3) is 11.8 Å². The molecule has 0 aromatic heterocycles. The summed E-state index contributed by atoms with van der Waals surface area (Å²) >= 11 is 0. The molecule has 0 saturated carbocycles. The molecule has 2 fully saturated rings. The van der Waals surface area contributed by atoms with Crippen molar-refractivity contribution in [2.75, 3.05) is 29.9 Å². The van der Waals surface area contributed by atoms with Gasteiger partial charge in [0.2, 0.25) is 11.8 Å². The van der Waals surface area contributed by atoms with Crippen LogP contribution in [0.3, 0.4) is 0 Å². The predicted octanol–water partition coefficient (Wildman–Crippen LogP) is 3.95. The predicted molar refractivity (Wildman–Crippen MR) is 137 cm³/mol. The summed E-state index contributed by atoms with van der Waals surface area (Å²) in [5.74, 6) is -0.357. The number of anilines is 2. The lowest BCUT2D eigenvalue weighted by atomic mass is 9.98. The van der Waals surface area contributed by atoms with Gasteiger partial charge in [0, 0.05) is 32.5 Å². The molecular formula is C28H32N4O4. The molecule has 4 amide bonds. The van der Waals surface area contributed by atoms with Crippen molar-refractivity contribution in [2.24, 2.45) is 0 Å². The molecule has 3 aliphatic heterocycles. The number of benzene rings is 2. The van der Waals surface area contributed by atoms with Crippen LogP contribution < -0.4 is 10.2 Å². The van der Waals surface area contributed by atoms with Crippen LogP contribution in [0.4, 0.5) is 11.4 Å². The van der Waals surface area contributed by atoms with Gasteiger partial charge in [-0.05, 0) is 63.3 Å². The molecule has 1 unspecified atom stereocenters. The van der Waals surface area contributed by atoms with Crippen molar-refractivity contribution >= 4 is 35.0 Å². The zero-order chi connectivity index (χ0) is 25.4. The largest absolute Gasteiger partial charge is 0.339 e. The van der Waals surface area contributed by atoms with E-state index in [2.05, 4.69) is 5.32 Å². The number of hydrogen-bond acceptors (Lipinski definition) is 4. The van der Waals surface area contributed by atoms with Crippen molar-refractivity contribution < 1.29 is 19.2 Å². The quantitative estimate of drug-likeness (QED) is 0.667. The molecule has 0 aliphatic carbocycles. The first kappa shape index (κ1) is 24.0. The molecule has 1 atom stereocenters. The van der Waals surface area contributed by atoms with Crippen LogP contribution in [0.1, 0.15) is 71.7 Å². The van der Waals surface area contributed by atoms with Crippen molar-refractivity contribution in [2.45, 2.75) is 58.0 Å². The molecule has 2 aromatic carbocycles. The maximum atomic E-state index is 13.4. The maximum Gasteiger partial charge on any atom is 0.257 e. The summed E-state index contributed by atoms with van der Waals surface area (Å²) in [5.41, 5.74) is 2.35. The first-order valence-electron chi connectivity index (χ1n) is 12.7. The minimum atomic E-state index is -0.732. The number of carbonyl (C=O) groups is 4. The zero-order valence-corrected chi connectivity index (χ0v) is 20.9. The topological polar surface area (TPSA) is 90.0 Å². The number of rotatable bonds is 6. The van der Waals surface area contributed by atoms with Crippen LogP contribution in [0.2, 0.25) is 0 Å². The van der Waals surface area contributed by atoms with Crippen LogP contribution in [-0.4, -0.2) is 58.7 Å². The minimum absolute atomic E-state index is 0.00921. The molecule has 0 spiro atoms. The Morgan fingerprint density at radius 3 is 2.56 bits per heavy atom. The lowest BCUT2D eigenvalue weighted by molar-refractivity contribution is -0.118. The van der Waals surface area contributed by atoms with Crippen LogP contribution in [0.5, 0.6) is 0 Å². The van der Waals surface area contributed by atoms with Gasteiger partial charge < -0.3 is 15.1 Å². The molecule has 8 heteroatoms. The fourth-order valence-electron chi connectivity index (χ4n) is 5.74. The van der Waals surface area contributed by atoms with Gasteiger partial charge in [0.05, 0.1) is 22.5 Å². The molecule has 1 N–H and O–H groups in total. The van der Waals surface area contributed by atoms with E-state index in [1.165, 1.54) is 0 Å². The number of likely N-dealkylation sites (tertiary alicyclic amines) is 1. The molecule has 8 nitrogen and oxygen atoms in total. The Morgan fingerprint density at radius 2 is 1.78 bits per heavy atom. The van der Waals surface area contributed by atoms with E-state index in [1.807, 2.05) is 43.0 Å². The minimum Gasteiger partial charge on any atom is -0.339 e. The third-order valence-electron chi connectivity index (χ3n) is 7.69.